The number of unbranched alkanes of at least 4 members (excludes halogenated alkanes) is 1. The number of hydrogen-bond donors (Lipinski definition) is 1. The fraction of sp³-hybridized carbons (Fsp3) is 0.333. The lowest BCUT2D eigenvalue weighted by Gasteiger charge is -2.16. The van der Waals surface area contributed by atoms with Crippen LogP contribution in [0.4, 0.5) is 4.79 Å². The van der Waals surface area contributed by atoms with Gasteiger partial charge in [-0.15, -0.1) is 0 Å². The minimum atomic E-state index is -0.993. The molecular weight excluding hydrogens is 308 g/mol. The van der Waals surface area contributed by atoms with E-state index in [-0.39, 0.29) is 6.09 Å². The Hall–Kier alpha value is -2.76. The van der Waals surface area contributed by atoms with Gasteiger partial charge in [0.15, 0.2) is 0 Å². The van der Waals surface area contributed by atoms with Gasteiger partial charge in [-0.25, -0.2) is 9.59 Å². The highest BCUT2D eigenvalue weighted by atomic mass is 16.6. The summed E-state index contributed by atoms with van der Waals surface area (Å²) in [4.78, 5) is 24.3. The summed E-state index contributed by atoms with van der Waals surface area (Å²) in [5.41, 5.74) is 1.66. The largest absolute Gasteiger partial charge is 0.478 e. The standard InChI is InChI=1S/C18H22N2O4/c1-4-5-10-19(2)18(23)24-14-7-8-15-13(6-9-17(21)22)12-20(3)16(15)11-14/h6-9,11-12H,4-5,10H2,1-3H3,(H,21,22). The zero-order valence-electron chi connectivity index (χ0n) is 14.2. The van der Waals surface area contributed by atoms with Crippen LogP contribution in [-0.2, 0) is 11.8 Å². The molecule has 0 atom stereocenters. The third-order valence-electron chi connectivity index (χ3n) is 3.76. The number of aryl methyl sites for hydroxylation is 1. The van der Waals surface area contributed by atoms with Crippen molar-refractivity contribution in [2.75, 3.05) is 13.6 Å². The Kier molecular flexibility index (Phi) is 5.63. The molecule has 0 saturated carbocycles. The first-order chi connectivity index (χ1) is 11.4. The quantitative estimate of drug-likeness (QED) is 0.823. The highest BCUT2D eigenvalue weighted by Gasteiger charge is 2.12. The molecule has 0 unspecified atom stereocenters. The number of rotatable bonds is 6. The molecule has 1 amide bonds. The van der Waals surface area contributed by atoms with Crippen molar-refractivity contribution >= 4 is 29.0 Å². The van der Waals surface area contributed by atoms with Gasteiger partial charge in [0.25, 0.3) is 0 Å². The van der Waals surface area contributed by atoms with E-state index in [0.29, 0.717) is 12.3 Å². The van der Waals surface area contributed by atoms with Gasteiger partial charge in [-0.1, -0.05) is 13.3 Å². The van der Waals surface area contributed by atoms with Crippen molar-refractivity contribution in [3.63, 3.8) is 0 Å². The smallest absolute Gasteiger partial charge is 0.414 e. The molecule has 0 fully saturated rings. The second-order valence-corrected chi connectivity index (χ2v) is 5.69. The van der Waals surface area contributed by atoms with E-state index in [1.807, 2.05) is 23.9 Å². The van der Waals surface area contributed by atoms with Crippen LogP contribution in [0.1, 0.15) is 25.3 Å². The first-order valence-electron chi connectivity index (χ1n) is 7.85. The van der Waals surface area contributed by atoms with E-state index < -0.39 is 5.97 Å². The summed E-state index contributed by atoms with van der Waals surface area (Å²) < 4.78 is 7.28. The molecule has 1 aromatic heterocycles. The lowest BCUT2D eigenvalue weighted by molar-refractivity contribution is -0.131. The predicted molar refractivity (Wildman–Crippen MR) is 93.2 cm³/mol. The maximum absolute atomic E-state index is 12.0. The van der Waals surface area contributed by atoms with Crippen LogP contribution in [0.25, 0.3) is 17.0 Å². The van der Waals surface area contributed by atoms with Crippen LogP contribution in [0.3, 0.4) is 0 Å². The number of carbonyl (C=O) groups excluding carboxylic acids is 1. The molecule has 128 valence electrons. The van der Waals surface area contributed by atoms with E-state index in [9.17, 15) is 9.59 Å². The molecule has 24 heavy (non-hydrogen) atoms. The number of benzene rings is 1. The van der Waals surface area contributed by atoms with Gasteiger partial charge in [-0.2, -0.15) is 0 Å². The predicted octanol–water partition coefficient (Wildman–Crippen LogP) is 3.51. The Labute approximate surface area is 140 Å². The summed E-state index contributed by atoms with van der Waals surface area (Å²) in [6, 6.07) is 5.32. The number of fused-ring (bicyclic) bond motifs is 1. The SMILES string of the molecule is CCCCN(C)C(=O)Oc1ccc2c(C=CC(=O)O)cn(C)c2c1. The average Bonchev–Trinajstić information content (AvgIpc) is 2.86. The van der Waals surface area contributed by atoms with Gasteiger partial charge < -0.3 is 19.3 Å². The van der Waals surface area contributed by atoms with E-state index in [2.05, 4.69) is 6.92 Å². The number of carbonyl (C=O) groups is 2. The van der Waals surface area contributed by atoms with E-state index in [4.69, 9.17) is 9.84 Å². The monoisotopic (exact) mass is 330 g/mol. The molecule has 0 aliphatic carbocycles. The molecule has 1 N–H and O–H groups in total. The van der Waals surface area contributed by atoms with E-state index in [1.165, 1.54) is 0 Å². The summed E-state index contributed by atoms with van der Waals surface area (Å²) in [7, 11) is 3.58. The van der Waals surface area contributed by atoms with E-state index in [1.54, 1.807) is 30.2 Å². The van der Waals surface area contributed by atoms with Crippen LogP contribution in [0.2, 0.25) is 0 Å². The number of aliphatic carboxylic acids is 1. The molecule has 0 aliphatic heterocycles. The van der Waals surface area contributed by atoms with Crippen molar-refractivity contribution in [2.24, 2.45) is 7.05 Å². The molecule has 0 radical (unpaired) electrons. The minimum Gasteiger partial charge on any atom is -0.478 e. The minimum absolute atomic E-state index is 0.386. The van der Waals surface area contributed by atoms with Gasteiger partial charge in [0.05, 0.1) is 5.52 Å². The maximum atomic E-state index is 12.0. The lowest BCUT2D eigenvalue weighted by Crippen LogP contribution is -2.30. The van der Waals surface area contributed by atoms with Crippen LogP contribution in [-0.4, -0.2) is 40.2 Å². The fourth-order valence-corrected chi connectivity index (χ4v) is 2.42. The number of carboxylic acids is 1. The summed E-state index contributed by atoms with van der Waals surface area (Å²) in [5, 5.41) is 9.65. The van der Waals surface area contributed by atoms with Crippen molar-refractivity contribution in [3.8, 4) is 5.75 Å². The van der Waals surface area contributed by atoms with Crippen LogP contribution in [0, 0.1) is 0 Å². The number of carboxylic acid groups (broad SMARTS) is 1. The molecule has 1 aromatic carbocycles. The van der Waals surface area contributed by atoms with Gasteiger partial charge in [0, 0.05) is 49.9 Å². The topological polar surface area (TPSA) is 71.8 Å². The van der Waals surface area contributed by atoms with Gasteiger partial charge >= 0.3 is 12.1 Å². The van der Waals surface area contributed by atoms with Gasteiger partial charge in [0.2, 0.25) is 0 Å². The summed E-state index contributed by atoms with van der Waals surface area (Å²) in [6.07, 6.45) is 6.05. The molecule has 0 bridgehead atoms. The molecule has 0 spiro atoms. The summed E-state index contributed by atoms with van der Waals surface area (Å²) in [5.74, 6) is -0.529. The number of hydrogen-bond acceptors (Lipinski definition) is 3. The number of amides is 1. The first kappa shape index (κ1) is 17.6. The maximum Gasteiger partial charge on any atom is 0.414 e. The third-order valence-corrected chi connectivity index (χ3v) is 3.76. The van der Waals surface area contributed by atoms with Crippen molar-refractivity contribution in [3.05, 3.63) is 36.0 Å². The fourth-order valence-electron chi connectivity index (χ4n) is 2.42. The average molecular weight is 330 g/mol. The normalized spacial score (nSPS) is 11.1. The highest BCUT2D eigenvalue weighted by Crippen LogP contribution is 2.26. The van der Waals surface area contributed by atoms with E-state index >= 15 is 0 Å². The molecule has 6 nitrogen and oxygen atoms in total. The molecule has 2 rings (SSSR count). The molecule has 6 heteroatoms. The van der Waals surface area contributed by atoms with Gasteiger partial charge in [0.1, 0.15) is 5.75 Å². The van der Waals surface area contributed by atoms with Gasteiger partial charge in [-0.3, -0.25) is 0 Å². The molecule has 0 aliphatic rings. The Morgan fingerprint density at radius 3 is 2.79 bits per heavy atom. The molecule has 0 saturated heterocycles. The molecule has 1 heterocycles. The van der Waals surface area contributed by atoms with Gasteiger partial charge in [-0.05, 0) is 24.6 Å². The molecule has 2 aromatic rings. The second-order valence-electron chi connectivity index (χ2n) is 5.69. The Morgan fingerprint density at radius 1 is 1.38 bits per heavy atom. The van der Waals surface area contributed by atoms with Crippen molar-refractivity contribution in [2.45, 2.75) is 19.8 Å². The Morgan fingerprint density at radius 2 is 2.12 bits per heavy atom. The number of nitrogens with zero attached hydrogens (tertiary/aromatic N) is 2. The highest BCUT2D eigenvalue weighted by molar-refractivity contribution is 5.94. The lowest BCUT2D eigenvalue weighted by atomic mass is 10.1. The first-order valence-corrected chi connectivity index (χ1v) is 7.85. The van der Waals surface area contributed by atoms with Crippen LogP contribution < -0.4 is 4.74 Å². The van der Waals surface area contributed by atoms with Crippen LogP contribution >= 0.6 is 0 Å². The van der Waals surface area contributed by atoms with Crippen molar-refractivity contribution < 1.29 is 19.4 Å². The summed E-state index contributed by atoms with van der Waals surface area (Å²) in [6.45, 7) is 2.73. The Balaban J connectivity index is 2.21. The van der Waals surface area contributed by atoms with Crippen LogP contribution in [0.15, 0.2) is 30.5 Å². The van der Waals surface area contributed by atoms with Crippen molar-refractivity contribution in [1.29, 1.82) is 0 Å². The van der Waals surface area contributed by atoms with Crippen molar-refractivity contribution in [1.82, 2.24) is 9.47 Å². The third kappa shape index (κ3) is 4.16. The number of ether oxygens (including phenoxy) is 1. The number of aromatic nitrogens is 1. The Bertz CT molecular complexity index is 777. The van der Waals surface area contributed by atoms with Crippen LogP contribution in [0.5, 0.6) is 5.75 Å². The zero-order chi connectivity index (χ0) is 17.7. The molecular formula is C18H22N2O4. The van der Waals surface area contributed by atoms with E-state index in [0.717, 1.165) is 35.4 Å². The second kappa shape index (κ2) is 7.68. The zero-order valence-corrected chi connectivity index (χ0v) is 14.2. The summed E-state index contributed by atoms with van der Waals surface area (Å²) >= 11 is 0.